The van der Waals surface area contributed by atoms with E-state index in [9.17, 15) is 0 Å². The molecule has 0 N–H and O–H groups in total. The minimum Gasteiger partial charge on any atom is -0.228 e. The summed E-state index contributed by atoms with van der Waals surface area (Å²) in [6.07, 6.45) is 0. The Morgan fingerprint density at radius 1 is 0.255 bits per heavy atom. The first-order valence-corrected chi connectivity index (χ1v) is 18.9. The average Bonchev–Trinajstić information content (AvgIpc) is 3.52. The van der Waals surface area contributed by atoms with Gasteiger partial charge in [-0.2, -0.15) is 0 Å². The molecular weight excluding hydrogens is 665 g/mol. The molecule has 0 unspecified atom stereocenters. The van der Waals surface area contributed by atoms with Crippen molar-refractivity contribution in [2.75, 3.05) is 0 Å². The number of hydrogen-bond donors (Lipinski definition) is 0. The number of benzene rings is 8. The lowest BCUT2D eigenvalue weighted by Crippen LogP contribution is -2.29. The van der Waals surface area contributed by atoms with Gasteiger partial charge < -0.3 is 0 Å². The molecule has 0 fully saturated rings. The van der Waals surface area contributed by atoms with Crippen molar-refractivity contribution in [3.63, 3.8) is 0 Å². The molecule has 2 heteroatoms. The molecular formula is C53H34N2. The van der Waals surface area contributed by atoms with Crippen LogP contribution < -0.4 is 0 Å². The van der Waals surface area contributed by atoms with Crippen molar-refractivity contribution >= 4 is 0 Å². The van der Waals surface area contributed by atoms with Crippen LogP contribution in [0.2, 0.25) is 0 Å². The maximum Gasteiger partial charge on any atom is 0.160 e. The zero-order valence-corrected chi connectivity index (χ0v) is 30.0. The van der Waals surface area contributed by atoms with Crippen LogP contribution in [-0.2, 0) is 5.41 Å². The van der Waals surface area contributed by atoms with Crippen molar-refractivity contribution < 1.29 is 0 Å². The van der Waals surface area contributed by atoms with Crippen LogP contribution >= 0.6 is 0 Å². The zero-order valence-electron chi connectivity index (χ0n) is 30.0. The second-order valence-corrected chi connectivity index (χ2v) is 14.5. The Kier molecular flexibility index (Phi) is 7.11. The standard InChI is InChI=1S/C53H34N2/c1-3-15-35(16-4-1)36-27-29-37(30-28-36)50-34-51(55-52(54-50)38-17-5-2-6-18-38)39-31-32-49-45(33-39)41-20-8-7-19-40(41)42-21-9-12-24-46(42)53(49)47-25-13-10-22-43(47)44-23-11-14-26-48(44)53/h1-34H. The second-order valence-electron chi connectivity index (χ2n) is 14.5. The Balaban J connectivity index is 1.16. The number of aromatic nitrogens is 2. The lowest BCUT2D eigenvalue weighted by molar-refractivity contribution is 0.775. The van der Waals surface area contributed by atoms with Crippen LogP contribution in [0.1, 0.15) is 22.3 Å². The topological polar surface area (TPSA) is 25.8 Å². The maximum absolute atomic E-state index is 5.28. The highest BCUT2D eigenvalue weighted by atomic mass is 14.9. The number of rotatable bonds is 4. The van der Waals surface area contributed by atoms with Crippen molar-refractivity contribution in [3.05, 3.63) is 229 Å². The summed E-state index contributed by atoms with van der Waals surface area (Å²) in [6.45, 7) is 0. The summed E-state index contributed by atoms with van der Waals surface area (Å²) in [5.74, 6) is 0.707. The Labute approximate surface area is 321 Å². The molecule has 0 radical (unpaired) electrons. The molecule has 8 aromatic carbocycles. The van der Waals surface area contributed by atoms with Gasteiger partial charge in [0.25, 0.3) is 0 Å². The largest absolute Gasteiger partial charge is 0.228 e. The van der Waals surface area contributed by atoms with E-state index in [-0.39, 0.29) is 0 Å². The Morgan fingerprint density at radius 3 is 1.22 bits per heavy atom. The highest BCUT2D eigenvalue weighted by Crippen LogP contribution is 2.61. The average molecular weight is 699 g/mol. The second kappa shape index (κ2) is 12.5. The highest BCUT2D eigenvalue weighted by molar-refractivity contribution is 5.98. The van der Waals surface area contributed by atoms with Gasteiger partial charge >= 0.3 is 0 Å². The quantitative estimate of drug-likeness (QED) is 0.183. The fourth-order valence-electron chi connectivity index (χ4n) is 9.14. The van der Waals surface area contributed by atoms with E-state index < -0.39 is 5.41 Å². The van der Waals surface area contributed by atoms with Crippen LogP contribution in [0.15, 0.2) is 206 Å². The molecule has 0 saturated carbocycles. The maximum atomic E-state index is 5.28. The molecule has 11 rings (SSSR count). The van der Waals surface area contributed by atoms with Gasteiger partial charge in [0.2, 0.25) is 0 Å². The summed E-state index contributed by atoms with van der Waals surface area (Å²) in [4.78, 5) is 10.4. The van der Waals surface area contributed by atoms with Crippen LogP contribution in [0.4, 0.5) is 0 Å². The zero-order chi connectivity index (χ0) is 36.3. The van der Waals surface area contributed by atoms with E-state index >= 15 is 0 Å². The summed E-state index contributed by atoms with van der Waals surface area (Å²) in [5.41, 5.74) is 19.5. The van der Waals surface area contributed by atoms with E-state index in [1.54, 1.807) is 0 Å². The Hall–Kier alpha value is -7.16. The Morgan fingerprint density at radius 2 is 0.636 bits per heavy atom. The van der Waals surface area contributed by atoms with E-state index in [0.29, 0.717) is 5.82 Å². The van der Waals surface area contributed by atoms with E-state index in [4.69, 9.17) is 9.97 Å². The predicted octanol–water partition coefficient (Wildman–Crippen LogP) is 13.2. The molecule has 0 bridgehead atoms. The molecule has 9 aromatic rings. The van der Waals surface area contributed by atoms with E-state index in [1.807, 2.05) is 18.2 Å². The van der Waals surface area contributed by atoms with Crippen LogP contribution in [0.5, 0.6) is 0 Å². The molecule has 1 spiro atoms. The minimum absolute atomic E-state index is 0.511. The van der Waals surface area contributed by atoms with Gasteiger partial charge in [0.1, 0.15) is 0 Å². The summed E-state index contributed by atoms with van der Waals surface area (Å²) in [7, 11) is 0. The molecule has 1 heterocycles. The molecule has 0 atom stereocenters. The SMILES string of the molecule is c1ccc(-c2ccc(-c3cc(-c4ccc5c(c4)-c4ccccc4-c4ccccc4C54c5ccccc5-c5ccccc54)nc(-c4ccccc4)n3)cc2)cc1. The molecule has 1 aromatic heterocycles. The van der Waals surface area contributed by atoms with Gasteiger partial charge in [0.15, 0.2) is 5.82 Å². The lowest BCUT2D eigenvalue weighted by atomic mass is 9.66. The molecule has 2 aliphatic rings. The normalized spacial score (nSPS) is 12.9. The van der Waals surface area contributed by atoms with Crippen LogP contribution in [-0.4, -0.2) is 9.97 Å². The summed E-state index contributed by atoms with van der Waals surface area (Å²) < 4.78 is 0. The molecule has 2 nitrogen and oxygen atoms in total. The summed E-state index contributed by atoms with van der Waals surface area (Å²) >= 11 is 0. The first-order valence-electron chi connectivity index (χ1n) is 18.9. The van der Waals surface area contributed by atoms with Crippen LogP contribution in [0.25, 0.3) is 78.4 Å². The highest BCUT2D eigenvalue weighted by Gasteiger charge is 2.49. The molecule has 0 amide bonds. The summed E-state index contributed by atoms with van der Waals surface area (Å²) in [5, 5.41) is 0. The third-order valence-electron chi connectivity index (χ3n) is 11.6. The van der Waals surface area contributed by atoms with Crippen molar-refractivity contribution in [1.82, 2.24) is 9.97 Å². The fourth-order valence-corrected chi connectivity index (χ4v) is 9.14. The molecule has 55 heavy (non-hydrogen) atoms. The van der Waals surface area contributed by atoms with Crippen molar-refractivity contribution in [3.8, 4) is 78.4 Å². The predicted molar refractivity (Wildman–Crippen MR) is 226 cm³/mol. The van der Waals surface area contributed by atoms with Crippen LogP contribution in [0, 0.1) is 0 Å². The van der Waals surface area contributed by atoms with E-state index in [1.165, 1.54) is 66.8 Å². The summed E-state index contributed by atoms with van der Waals surface area (Å²) in [6, 6.07) is 74.6. The van der Waals surface area contributed by atoms with Gasteiger partial charge in [-0.25, -0.2) is 9.97 Å². The molecule has 2 aliphatic carbocycles. The molecule has 256 valence electrons. The number of fused-ring (bicyclic) bond motifs is 12. The van der Waals surface area contributed by atoms with Crippen molar-refractivity contribution in [2.45, 2.75) is 5.41 Å². The number of hydrogen-bond acceptors (Lipinski definition) is 2. The van der Waals surface area contributed by atoms with Gasteiger partial charge in [-0.1, -0.05) is 194 Å². The van der Waals surface area contributed by atoms with E-state index in [0.717, 1.165) is 28.1 Å². The lowest BCUT2D eigenvalue weighted by Gasteiger charge is -2.35. The fraction of sp³-hybridized carbons (Fsp3) is 0.0189. The van der Waals surface area contributed by atoms with E-state index in [2.05, 4.69) is 188 Å². The van der Waals surface area contributed by atoms with Gasteiger partial charge in [-0.05, 0) is 78.9 Å². The van der Waals surface area contributed by atoms with Gasteiger partial charge in [0, 0.05) is 16.7 Å². The smallest absolute Gasteiger partial charge is 0.160 e. The van der Waals surface area contributed by atoms with Gasteiger partial charge in [-0.15, -0.1) is 0 Å². The first kappa shape index (κ1) is 31.4. The molecule has 0 saturated heterocycles. The van der Waals surface area contributed by atoms with Crippen molar-refractivity contribution in [1.29, 1.82) is 0 Å². The number of nitrogens with zero attached hydrogens (tertiary/aromatic N) is 2. The van der Waals surface area contributed by atoms with Gasteiger partial charge in [0.05, 0.1) is 16.8 Å². The van der Waals surface area contributed by atoms with Gasteiger partial charge in [-0.3, -0.25) is 0 Å². The monoisotopic (exact) mass is 698 g/mol. The third kappa shape index (κ3) is 4.82. The first-order chi connectivity index (χ1) is 27.3. The molecule has 0 aliphatic heterocycles. The van der Waals surface area contributed by atoms with Crippen LogP contribution in [0.3, 0.4) is 0 Å². The minimum atomic E-state index is -0.511. The van der Waals surface area contributed by atoms with Crippen molar-refractivity contribution in [2.24, 2.45) is 0 Å². The third-order valence-corrected chi connectivity index (χ3v) is 11.6. The Bertz CT molecular complexity index is 2860.